The second kappa shape index (κ2) is 12.1. The molecule has 178 valence electrons. The van der Waals surface area contributed by atoms with E-state index >= 15 is 0 Å². The number of anilines is 1. The normalized spacial score (nSPS) is 13.8. The zero-order valence-electron chi connectivity index (χ0n) is 18.9. The number of hydrazone groups is 1. The molecule has 1 fully saturated rings. The van der Waals surface area contributed by atoms with Crippen LogP contribution in [-0.2, 0) is 16.1 Å². The predicted molar refractivity (Wildman–Crippen MR) is 127 cm³/mol. The van der Waals surface area contributed by atoms with Gasteiger partial charge in [0.1, 0.15) is 6.61 Å². The van der Waals surface area contributed by atoms with Gasteiger partial charge in [-0.05, 0) is 30.2 Å². The quantitative estimate of drug-likeness (QED) is 0.368. The van der Waals surface area contributed by atoms with Gasteiger partial charge in [-0.1, -0.05) is 30.3 Å². The van der Waals surface area contributed by atoms with Gasteiger partial charge in [-0.3, -0.25) is 10.2 Å². The van der Waals surface area contributed by atoms with Gasteiger partial charge in [0.05, 0.1) is 30.1 Å². The van der Waals surface area contributed by atoms with E-state index in [1.165, 1.54) is 25.5 Å². The number of rotatable bonds is 7. The molecule has 1 aliphatic heterocycles. The fourth-order valence-corrected chi connectivity index (χ4v) is 3.49. The molecule has 0 aromatic heterocycles. The third-order valence-corrected chi connectivity index (χ3v) is 5.25. The van der Waals surface area contributed by atoms with Gasteiger partial charge in [0.15, 0.2) is 0 Å². The van der Waals surface area contributed by atoms with Crippen molar-refractivity contribution in [3.8, 4) is 0 Å². The molecule has 1 aliphatic rings. The average molecular weight is 466 g/mol. The Morgan fingerprint density at radius 1 is 1.06 bits per heavy atom. The Kier molecular flexibility index (Phi) is 8.73. The molecule has 0 atom stereocenters. The minimum Gasteiger partial charge on any atom is -0.465 e. The molecule has 2 aromatic carbocycles. The fraction of sp³-hybridized carbons (Fsp3) is 0.292. The van der Waals surface area contributed by atoms with Crippen LogP contribution in [0, 0.1) is 5.41 Å². The molecule has 10 nitrogen and oxygen atoms in total. The molecular weight excluding hydrogens is 438 g/mol. The molecule has 1 heterocycles. The summed E-state index contributed by atoms with van der Waals surface area (Å²) in [4.78, 5) is 41.1. The minimum absolute atomic E-state index is 0.185. The summed E-state index contributed by atoms with van der Waals surface area (Å²) in [6, 6.07) is 14.0. The first-order valence-corrected chi connectivity index (χ1v) is 10.8. The fourth-order valence-electron chi connectivity index (χ4n) is 3.49. The number of carbonyl (C=O) groups is 3. The molecule has 3 rings (SSSR count). The van der Waals surface area contributed by atoms with Gasteiger partial charge in [-0.2, -0.15) is 5.10 Å². The van der Waals surface area contributed by atoms with Gasteiger partial charge in [0.2, 0.25) is 0 Å². The maximum Gasteiger partial charge on any atom is 0.410 e. The van der Waals surface area contributed by atoms with E-state index < -0.39 is 12.1 Å². The first kappa shape index (κ1) is 24.4. The predicted octanol–water partition coefficient (Wildman–Crippen LogP) is 3.01. The summed E-state index contributed by atoms with van der Waals surface area (Å²) in [5.74, 6) is -0.871. The SMILES string of the molecule is COC(=O)c1ccc(N/N=C\C=N)c(C(=O)N2CCCN(C(=O)OCc3ccccc3)CC2)c1. The zero-order chi connectivity index (χ0) is 24.3. The summed E-state index contributed by atoms with van der Waals surface area (Å²) in [6.45, 7) is 1.72. The molecule has 0 radical (unpaired) electrons. The molecule has 34 heavy (non-hydrogen) atoms. The van der Waals surface area contributed by atoms with Gasteiger partial charge in [-0.25, -0.2) is 9.59 Å². The molecule has 2 aromatic rings. The second-order valence-electron chi connectivity index (χ2n) is 7.48. The standard InChI is InChI=1S/C24H27N5O5/c1-33-23(31)19-8-9-21(27-26-11-10-25)20(16-19)22(30)28-12-5-13-29(15-14-28)24(32)34-17-18-6-3-2-4-7-18/h2-4,6-11,16,25,27H,5,12-15,17H2,1H3/b25-10?,26-11-. The van der Waals surface area contributed by atoms with E-state index in [9.17, 15) is 14.4 Å². The highest BCUT2D eigenvalue weighted by molar-refractivity contribution is 6.14. The van der Waals surface area contributed by atoms with E-state index in [0.717, 1.165) is 11.8 Å². The Hall–Kier alpha value is -4.21. The number of esters is 1. The Balaban J connectivity index is 1.69. The number of hydrogen-bond donors (Lipinski definition) is 2. The third-order valence-electron chi connectivity index (χ3n) is 5.25. The van der Waals surface area contributed by atoms with Crippen LogP contribution in [-0.4, -0.2) is 73.5 Å². The molecular formula is C24H27N5O5. The summed E-state index contributed by atoms with van der Waals surface area (Å²) in [7, 11) is 1.27. The van der Waals surface area contributed by atoms with Crippen molar-refractivity contribution in [3.05, 3.63) is 65.2 Å². The van der Waals surface area contributed by atoms with Crippen LogP contribution in [0.2, 0.25) is 0 Å². The lowest BCUT2D eigenvalue weighted by atomic mass is 10.1. The van der Waals surface area contributed by atoms with Crippen LogP contribution in [0.4, 0.5) is 10.5 Å². The number of benzene rings is 2. The maximum atomic E-state index is 13.4. The third kappa shape index (κ3) is 6.41. The topological polar surface area (TPSA) is 124 Å². The number of nitrogens with one attached hydrogen (secondary N) is 2. The van der Waals surface area contributed by atoms with Crippen molar-refractivity contribution in [2.24, 2.45) is 5.10 Å². The van der Waals surface area contributed by atoms with Crippen LogP contribution >= 0.6 is 0 Å². The lowest BCUT2D eigenvalue weighted by molar-refractivity contribution is 0.0600. The Bertz CT molecular complexity index is 1060. The van der Waals surface area contributed by atoms with Crippen LogP contribution in [0.5, 0.6) is 0 Å². The Morgan fingerprint density at radius 3 is 2.53 bits per heavy atom. The number of hydrogen-bond acceptors (Lipinski definition) is 8. The first-order valence-electron chi connectivity index (χ1n) is 10.8. The first-order chi connectivity index (χ1) is 16.5. The van der Waals surface area contributed by atoms with Crippen LogP contribution in [0.3, 0.4) is 0 Å². The number of methoxy groups -OCH3 is 1. The highest BCUT2D eigenvalue weighted by atomic mass is 16.6. The Morgan fingerprint density at radius 2 is 1.79 bits per heavy atom. The molecule has 0 unspecified atom stereocenters. The molecule has 0 spiro atoms. The smallest absolute Gasteiger partial charge is 0.410 e. The van der Waals surface area contributed by atoms with Gasteiger partial charge in [-0.15, -0.1) is 0 Å². The van der Waals surface area contributed by atoms with Crippen LogP contribution in [0.25, 0.3) is 0 Å². The van der Waals surface area contributed by atoms with Crippen molar-refractivity contribution in [1.29, 1.82) is 5.41 Å². The van der Waals surface area contributed by atoms with E-state index in [-0.39, 0.29) is 23.6 Å². The van der Waals surface area contributed by atoms with Crippen molar-refractivity contribution < 1.29 is 23.9 Å². The average Bonchev–Trinajstić information content (AvgIpc) is 3.14. The lowest BCUT2D eigenvalue weighted by Crippen LogP contribution is -2.37. The van der Waals surface area contributed by atoms with Crippen LogP contribution in [0.15, 0.2) is 53.6 Å². The number of ether oxygens (including phenoxy) is 2. The van der Waals surface area contributed by atoms with Crippen molar-refractivity contribution in [2.75, 3.05) is 38.7 Å². The highest BCUT2D eigenvalue weighted by Crippen LogP contribution is 2.21. The summed E-state index contributed by atoms with van der Waals surface area (Å²) in [5, 5.41) is 10.9. The second-order valence-corrected chi connectivity index (χ2v) is 7.48. The van der Waals surface area contributed by atoms with E-state index in [4.69, 9.17) is 14.9 Å². The molecule has 2 amide bonds. The molecule has 2 N–H and O–H groups in total. The minimum atomic E-state index is -0.563. The zero-order valence-corrected chi connectivity index (χ0v) is 18.9. The summed E-state index contributed by atoms with van der Waals surface area (Å²) in [6.07, 6.45) is 2.39. The van der Waals surface area contributed by atoms with E-state index in [1.54, 1.807) is 15.9 Å². The number of carbonyl (C=O) groups excluding carboxylic acids is 3. The van der Waals surface area contributed by atoms with E-state index in [0.29, 0.717) is 38.3 Å². The summed E-state index contributed by atoms with van der Waals surface area (Å²) >= 11 is 0. The van der Waals surface area contributed by atoms with Gasteiger partial charge >= 0.3 is 12.1 Å². The van der Waals surface area contributed by atoms with Crippen LogP contribution in [0.1, 0.15) is 32.7 Å². The molecule has 0 saturated carbocycles. The van der Waals surface area contributed by atoms with Crippen molar-refractivity contribution >= 4 is 36.1 Å². The van der Waals surface area contributed by atoms with Gasteiger partial charge in [0.25, 0.3) is 5.91 Å². The molecule has 1 saturated heterocycles. The largest absolute Gasteiger partial charge is 0.465 e. The van der Waals surface area contributed by atoms with E-state index in [2.05, 4.69) is 10.5 Å². The lowest BCUT2D eigenvalue weighted by Gasteiger charge is -2.23. The van der Waals surface area contributed by atoms with Crippen molar-refractivity contribution in [3.63, 3.8) is 0 Å². The molecule has 0 aliphatic carbocycles. The molecule has 10 heteroatoms. The monoisotopic (exact) mass is 465 g/mol. The van der Waals surface area contributed by atoms with E-state index in [1.807, 2.05) is 30.3 Å². The van der Waals surface area contributed by atoms with Crippen molar-refractivity contribution in [1.82, 2.24) is 9.80 Å². The molecule has 0 bridgehead atoms. The van der Waals surface area contributed by atoms with Gasteiger partial charge in [0, 0.05) is 32.4 Å². The van der Waals surface area contributed by atoms with Crippen molar-refractivity contribution in [2.45, 2.75) is 13.0 Å². The summed E-state index contributed by atoms with van der Waals surface area (Å²) in [5.41, 5.74) is 4.49. The van der Waals surface area contributed by atoms with Crippen LogP contribution < -0.4 is 5.43 Å². The summed E-state index contributed by atoms with van der Waals surface area (Å²) < 4.78 is 10.2. The Labute approximate surface area is 197 Å². The highest BCUT2D eigenvalue weighted by Gasteiger charge is 2.26. The number of amides is 2. The maximum absolute atomic E-state index is 13.4. The number of nitrogens with zero attached hydrogens (tertiary/aromatic N) is 3. The van der Waals surface area contributed by atoms with Gasteiger partial charge < -0.3 is 24.7 Å².